The lowest BCUT2D eigenvalue weighted by molar-refractivity contribution is -0.121. The van der Waals surface area contributed by atoms with Crippen LogP contribution >= 0.6 is 24.0 Å². The predicted octanol–water partition coefficient (Wildman–Crippen LogP) is 3.48. The van der Waals surface area contributed by atoms with Gasteiger partial charge >= 0.3 is 0 Å². The smallest absolute Gasteiger partial charge is 0.265 e. The second-order valence-electron chi connectivity index (χ2n) is 5.36. The van der Waals surface area contributed by atoms with E-state index in [9.17, 15) is 14.7 Å². The molecule has 0 atom stereocenters. The first-order chi connectivity index (χ1) is 11.9. The molecule has 2 N–H and O–H groups in total. The van der Waals surface area contributed by atoms with Gasteiger partial charge < -0.3 is 10.4 Å². The van der Waals surface area contributed by atoms with Gasteiger partial charge in [-0.05, 0) is 48.0 Å². The van der Waals surface area contributed by atoms with Crippen molar-refractivity contribution in [2.75, 3.05) is 12.4 Å². The molecule has 1 saturated heterocycles. The van der Waals surface area contributed by atoms with Crippen LogP contribution in [0, 0.1) is 0 Å². The van der Waals surface area contributed by atoms with Crippen LogP contribution < -0.4 is 5.32 Å². The summed E-state index contributed by atoms with van der Waals surface area (Å²) in [6.45, 7) is 0. The Morgan fingerprint density at radius 1 is 1.16 bits per heavy atom. The molecule has 0 radical (unpaired) electrons. The summed E-state index contributed by atoms with van der Waals surface area (Å²) >= 11 is 6.36. The standard InChI is InChI=1S/C18H14N2O3S2/c1-20-17(23)15(25-18(20)24)10-11-2-4-12(5-3-11)16(22)19-13-6-8-14(21)9-7-13/h2-10,21H,1H3,(H,19,22)/b15-10-. The fraction of sp³-hybridized carbons (Fsp3) is 0.0556. The van der Waals surface area contributed by atoms with E-state index >= 15 is 0 Å². The molecule has 5 nitrogen and oxygen atoms in total. The number of nitrogens with one attached hydrogen (secondary N) is 1. The van der Waals surface area contributed by atoms with Gasteiger partial charge in [-0.1, -0.05) is 36.1 Å². The summed E-state index contributed by atoms with van der Waals surface area (Å²) in [5.74, 6) is -0.235. The zero-order valence-corrected chi connectivity index (χ0v) is 14.9. The molecule has 1 aliphatic heterocycles. The van der Waals surface area contributed by atoms with Gasteiger partial charge in [0.2, 0.25) is 0 Å². The van der Waals surface area contributed by atoms with E-state index in [4.69, 9.17) is 12.2 Å². The van der Waals surface area contributed by atoms with Gasteiger partial charge in [-0.25, -0.2) is 0 Å². The van der Waals surface area contributed by atoms with Crippen LogP contribution in [0.5, 0.6) is 5.75 Å². The third kappa shape index (κ3) is 3.89. The molecule has 2 amide bonds. The average Bonchev–Trinajstić information content (AvgIpc) is 2.84. The Labute approximate surface area is 154 Å². The molecular weight excluding hydrogens is 356 g/mol. The second-order valence-corrected chi connectivity index (χ2v) is 7.04. The summed E-state index contributed by atoms with van der Waals surface area (Å²) in [6, 6.07) is 13.2. The van der Waals surface area contributed by atoms with E-state index in [1.807, 2.05) is 0 Å². The lowest BCUT2D eigenvalue weighted by Gasteiger charge is -2.06. The number of carbonyl (C=O) groups excluding carboxylic acids is 2. The summed E-state index contributed by atoms with van der Waals surface area (Å²) in [6.07, 6.45) is 1.75. The van der Waals surface area contributed by atoms with Crippen molar-refractivity contribution < 1.29 is 14.7 Å². The second kappa shape index (κ2) is 7.08. The molecular formula is C18H14N2O3S2. The van der Waals surface area contributed by atoms with E-state index in [0.717, 1.165) is 5.56 Å². The maximum Gasteiger partial charge on any atom is 0.265 e. The summed E-state index contributed by atoms with van der Waals surface area (Å²) < 4.78 is 0.529. The fourth-order valence-corrected chi connectivity index (χ4v) is 3.36. The van der Waals surface area contributed by atoms with Crippen LogP contribution in [0.3, 0.4) is 0 Å². The maximum absolute atomic E-state index is 12.2. The highest BCUT2D eigenvalue weighted by Crippen LogP contribution is 2.31. The quantitative estimate of drug-likeness (QED) is 0.492. The van der Waals surface area contributed by atoms with E-state index in [1.54, 1.807) is 49.5 Å². The molecule has 2 aromatic carbocycles. The molecule has 0 bridgehead atoms. The number of phenolic OH excluding ortho intramolecular Hbond substituents is 1. The van der Waals surface area contributed by atoms with Crippen molar-refractivity contribution >= 4 is 51.9 Å². The monoisotopic (exact) mass is 370 g/mol. The molecule has 0 spiro atoms. The van der Waals surface area contributed by atoms with Crippen molar-refractivity contribution in [2.24, 2.45) is 0 Å². The highest BCUT2D eigenvalue weighted by molar-refractivity contribution is 8.26. The van der Waals surface area contributed by atoms with Crippen LogP contribution in [0.2, 0.25) is 0 Å². The van der Waals surface area contributed by atoms with Gasteiger partial charge in [-0.15, -0.1) is 0 Å². The lowest BCUT2D eigenvalue weighted by Crippen LogP contribution is -2.22. The molecule has 7 heteroatoms. The number of hydrogen-bond acceptors (Lipinski definition) is 5. The first-order valence-corrected chi connectivity index (χ1v) is 8.58. The van der Waals surface area contributed by atoms with Crippen molar-refractivity contribution in [3.05, 3.63) is 64.6 Å². The summed E-state index contributed by atoms with van der Waals surface area (Å²) in [5.41, 5.74) is 1.90. The first-order valence-electron chi connectivity index (χ1n) is 7.36. The maximum atomic E-state index is 12.2. The summed E-state index contributed by atoms with van der Waals surface area (Å²) in [5, 5.41) is 12.0. The number of rotatable bonds is 3. The Bertz CT molecular complexity index is 874. The fourth-order valence-electron chi connectivity index (χ4n) is 2.18. The van der Waals surface area contributed by atoms with E-state index in [-0.39, 0.29) is 17.6 Å². The Morgan fingerprint density at radius 2 is 1.80 bits per heavy atom. The normalized spacial score (nSPS) is 15.7. The zero-order valence-electron chi connectivity index (χ0n) is 13.2. The van der Waals surface area contributed by atoms with E-state index in [0.29, 0.717) is 20.5 Å². The molecule has 25 heavy (non-hydrogen) atoms. The molecule has 2 aromatic rings. The Kier molecular flexibility index (Phi) is 4.87. The van der Waals surface area contributed by atoms with Crippen molar-refractivity contribution in [3.63, 3.8) is 0 Å². The number of phenols is 1. The van der Waals surface area contributed by atoms with E-state index < -0.39 is 0 Å². The van der Waals surface area contributed by atoms with Gasteiger partial charge in [-0.2, -0.15) is 0 Å². The third-order valence-corrected chi connectivity index (χ3v) is 5.07. The number of nitrogens with zero attached hydrogens (tertiary/aromatic N) is 1. The van der Waals surface area contributed by atoms with Gasteiger partial charge in [0, 0.05) is 18.3 Å². The van der Waals surface area contributed by atoms with Gasteiger partial charge in [0.15, 0.2) is 0 Å². The number of likely N-dealkylation sites (N-methyl/N-ethyl adjacent to an activating group) is 1. The molecule has 126 valence electrons. The van der Waals surface area contributed by atoms with Crippen molar-refractivity contribution in [3.8, 4) is 5.75 Å². The predicted molar refractivity (Wildman–Crippen MR) is 103 cm³/mol. The van der Waals surface area contributed by atoms with Crippen LogP contribution in [0.4, 0.5) is 5.69 Å². The molecule has 1 heterocycles. The number of aromatic hydroxyl groups is 1. The molecule has 3 rings (SSSR count). The minimum absolute atomic E-state index is 0.121. The van der Waals surface area contributed by atoms with Crippen LogP contribution in [-0.2, 0) is 4.79 Å². The molecule has 1 fully saturated rings. The highest BCUT2D eigenvalue weighted by atomic mass is 32.2. The van der Waals surface area contributed by atoms with Crippen LogP contribution in [0.1, 0.15) is 15.9 Å². The van der Waals surface area contributed by atoms with E-state index in [1.165, 1.54) is 28.8 Å². The van der Waals surface area contributed by atoms with Crippen LogP contribution in [0.15, 0.2) is 53.4 Å². The Hall–Kier alpha value is -2.64. The number of hydrogen-bond donors (Lipinski definition) is 2. The highest BCUT2D eigenvalue weighted by Gasteiger charge is 2.28. The zero-order chi connectivity index (χ0) is 18.0. The number of carbonyl (C=O) groups is 2. The SMILES string of the molecule is CN1C(=O)/C(=C/c2ccc(C(=O)Nc3ccc(O)cc3)cc2)SC1=S. The number of amides is 2. The number of thiocarbonyl (C=S) groups is 1. The molecule has 0 saturated carbocycles. The van der Waals surface area contributed by atoms with E-state index in [2.05, 4.69) is 5.32 Å². The Morgan fingerprint density at radius 3 is 2.36 bits per heavy atom. The van der Waals surface area contributed by atoms with Gasteiger partial charge in [0.1, 0.15) is 10.1 Å². The lowest BCUT2D eigenvalue weighted by atomic mass is 10.1. The minimum Gasteiger partial charge on any atom is -0.508 e. The largest absolute Gasteiger partial charge is 0.508 e. The number of benzene rings is 2. The molecule has 0 unspecified atom stereocenters. The van der Waals surface area contributed by atoms with Crippen LogP contribution in [-0.4, -0.2) is 33.2 Å². The third-order valence-electron chi connectivity index (χ3n) is 3.58. The Balaban J connectivity index is 1.72. The van der Waals surface area contributed by atoms with Gasteiger partial charge in [-0.3, -0.25) is 14.5 Å². The number of anilines is 1. The van der Waals surface area contributed by atoms with Crippen LogP contribution in [0.25, 0.3) is 6.08 Å². The van der Waals surface area contributed by atoms with Crippen molar-refractivity contribution in [1.82, 2.24) is 4.90 Å². The molecule has 1 aliphatic rings. The average molecular weight is 370 g/mol. The first kappa shape index (κ1) is 17.2. The van der Waals surface area contributed by atoms with Gasteiger partial charge in [0.25, 0.3) is 11.8 Å². The minimum atomic E-state index is -0.253. The van der Waals surface area contributed by atoms with Crippen molar-refractivity contribution in [1.29, 1.82) is 0 Å². The number of thioether (sulfide) groups is 1. The van der Waals surface area contributed by atoms with Crippen molar-refractivity contribution in [2.45, 2.75) is 0 Å². The molecule has 0 aliphatic carbocycles. The topological polar surface area (TPSA) is 69.6 Å². The molecule has 0 aromatic heterocycles. The summed E-state index contributed by atoms with van der Waals surface area (Å²) in [4.78, 5) is 26.2. The van der Waals surface area contributed by atoms with Gasteiger partial charge in [0.05, 0.1) is 4.91 Å². The summed E-state index contributed by atoms with van der Waals surface area (Å²) in [7, 11) is 1.65.